The minimum Gasteiger partial charge on any atom is -0.387 e. The number of carbonyl (C=O) groups excluding carboxylic acids is 2. The van der Waals surface area contributed by atoms with Gasteiger partial charge in [-0.2, -0.15) is 20.4 Å². The first-order valence-electron chi connectivity index (χ1n) is 13.5. The van der Waals surface area contributed by atoms with Gasteiger partial charge in [-0.15, -0.1) is 0 Å². The van der Waals surface area contributed by atoms with E-state index in [1.165, 1.54) is 10.9 Å². The fourth-order valence-electron chi connectivity index (χ4n) is 5.07. The van der Waals surface area contributed by atoms with Gasteiger partial charge in [-0.05, 0) is 12.8 Å². The number of nitrogens with one attached hydrogen (secondary N) is 2. The summed E-state index contributed by atoms with van der Waals surface area (Å²) in [5, 5.41) is 26.6. The predicted molar refractivity (Wildman–Crippen MR) is 153 cm³/mol. The number of aliphatic hydroxyl groups excluding tert-OH is 2. The van der Waals surface area contributed by atoms with Gasteiger partial charge in [-0.25, -0.2) is 33.4 Å². The van der Waals surface area contributed by atoms with Crippen LogP contribution in [0.1, 0.15) is 31.9 Å². The largest absolute Gasteiger partial charge is 0.538 e. The molecule has 46 heavy (non-hydrogen) atoms. The molecule has 9 N–H and O–H groups in total. The second-order valence-corrected chi connectivity index (χ2v) is 16.2. The number of hydrogen-bond donors (Lipinski definition) is 8. The third-order valence-corrected chi connectivity index (χ3v) is 12.8. The molecule has 0 bridgehead atoms. The maximum Gasteiger partial charge on any atom is 0.538 e. The Morgan fingerprint density at radius 3 is 2.57 bits per heavy atom. The zero-order valence-corrected chi connectivity index (χ0v) is 26.9. The number of rotatable bonds is 14. The summed E-state index contributed by atoms with van der Waals surface area (Å²) in [6, 6.07) is -0.261. The van der Waals surface area contributed by atoms with Crippen molar-refractivity contribution in [2.24, 2.45) is 0 Å². The topological polar surface area (TPSA) is 326 Å². The van der Waals surface area contributed by atoms with Crippen LogP contribution in [0.15, 0.2) is 12.7 Å². The molecule has 0 aromatic carbocycles. The first-order chi connectivity index (χ1) is 21.5. The normalized spacial score (nSPS) is 31.4. The smallest absolute Gasteiger partial charge is 0.387 e. The van der Waals surface area contributed by atoms with Crippen LogP contribution in [0.25, 0.3) is 11.2 Å². The quantitative estimate of drug-likeness (QED) is 0.0698. The number of nitrogens with zero attached hydrogens (tertiary/aromatic N) is 4. The number of aromatic nitrogens is 4. The zero-order valence-electron chi connectivity index (χ0n) is 23.4. The number of phosphoric acid groups is 3. The van der Waals surface area contributed by atoms with Crippen LogP contribution < -0.4 is 16.4 Å². The van der Waals surface area contributed by atoms with Gasteiger partial charge in [0.2, 0.25) is 0 Å². The number of ether oxygens (including phenoxy) is 1. The highest BCUT2D eigenvalue weighted by Crippen LogP contribution is 2.67. The number of urea groups is 1. The van der Waals surface area contributed by atoms with Gasteiger partial charge in [0.05, 0.1) is 25.0 Å². The molecule has 3 saturated heterocycles. The molecule has 26 heteroatoms. The Morgan fingerprint density at radius 1 is 1.07 bits per heavy atom. The molecule has 3 aliphatic heterocycles. The van der Waals surface area contributed by atoms with Crippen molar-refractivity contribution in [3.63, 3.8) is 0 Å². The Balaban J connectivity index is 1.06. The molecular weight excluding hydrogens is 703 g/mol. The second kappa shape index (κ2) is 13.7. The van der Waals surface area contributed by atoms with Gasteiger partial charge >= 0.3 is 35.5 Å². The van der Waals surface area contributed by atoms with E-state index >= 15 is 0 Å². The molecular formula is C20H30N7O15P3S. The third kappa shape index (κ3) is 8.24. The molecule has 5 heterocycles. The van der Waals surface area contributed by atoms with Crippen LogP contribution in [-0.2, 0) is 40.9 Å². The van der Waals surface area contributed by atoms with Crippen molar-refractivity contribution in [3.8, 4) is 0 Å². The van der Waals surface area contributed by atoms with Crippen LogP contribution in [0.2, 0.25) is 0 Å². The van der Waals surface area contributed by atoms with E-state index < -0.39 is 60.6 Å². The van der Waals surface area contributed by atoms with E-state index in [1.54, 1.807) is 11.8 Å². The van der Waals surface area contributed by atoms with Crippen molar-refractivity contribution in [2.45, 2.75) is 67.6 Å². The number of imidazole rings is 1. The summed E-state index contributed by atoms with van der Waals surface area (Å²) in [5.74, 6) is -0.491. The molecule has 22 nitrogen and oxygen atoms in total. The van der Waals surface area contributed by atoms with Gasteiger partial charge in [0.25, 0.3) is 0 Å². The summed E-state index contributed by atoms with van der Waals surface area (Å²) in [7, 11) is -17.1. The van der Waals surface area contributed by atoms with Crippen LogP contribution in [-0.4, -0.2) is 104 Å². The molecule has 3 fully saturated rings. The number of amides is 2. The van der Waals surface area contributed by atoms with E-state index in [9.17, 15) is 48.2 Å². The molecule has 0 aliphatic carbocycles. The number of unbranched alkanes of at least 4 members (excludes halogenated alkanes) is 1. The maximum atomic E-state index is 12.3. The second-order valence-electron chi connectivity index (χ2n) is 10.3. The molecule has 2 aromatic rings. The summed E-state index contributed by atoms with van der Waals surface area (Å²) < 4.78 is 60.2. The van der Waals surface area contributed by atoms with Crippen molar-refractivity contribution >= 4 is 64.2 Å². The van der Waals surface area contributed by atoms with Gasteiger partial charge < -0.3 is 45.6 Å². The lowest BCUT2D eigenvalue weighted by Crippen LogP contribution is -2.36. The summed E-state index contributed by atoms with van der Waals surface area (Å²) >= 11 is 1.66. The van der Waals surface area contributed by atoms with Gasteiger partial charge in [0.15, 0.2) is 17.7 Å². The number of nitrogen functional groups attached to an aromatic ring is 1. The lowest BCUT2D eigenvalue weighted by atomic mass is 10.0. The number of fused-ring (bicyclic) bond motifs is 2. The van der Waals surface area contributed by atoms with E-state index in [0.717, 1.165) is 12.1 Å². The van der Waals surface area contributed by atoms with Crippen LogP contribution in [0.4, 0.5) is 10.6 Å². The summed E-state index contributed by atoms with van der Waals surface area (Å²) in [6.45, 7) is -0.998. The molecule has 10 atom stereocenters. The summed E-state index contributed by atoms with van der Waals surface area (Å²) in [6.07, 6.45) is -2.90. The average Bonchev–Trinajstić information content (AvgIpc) is 3.69. The minimum absolute atomic E-state index is 0.0225. The predicted octanol–water partition coefficient (Wildman–Crippen LogP) is -0.352. The lowest BCUT2D eigenvalue weighted by molar-refractivity contribution is -0.135. The van der Waals surface area contributed by atoms with Gasteiger partial charge in [-0.3, -0.25) is 18.8 Å². The first-order valence-corrected chi connectivity index (χ1v) is 19.0. The molecule has 256 valence electrons. The van der Waals surface area contributed by atoms with Crippen LogP contribution in [0, 0.1) is 0 Å². The van der Waals surface area contributed by atoms with E-state index in [-0.39, 0.29) is 53.2 Å². The lowest BCUT2D eigenvalue weighted by Gasteiger charge is -2.20. The van der Waals surface area contributed by atoms with Crippen LogP contribution >= 0.6 is 35.2 Å². The van der Waals surface area contributed by atoms with E-state index in [2.05, 4.69) is 43.3 Å². The Bertz CT molecular complexity index is 1620. The van der Waals surface area contributed by atoms with E-state index in [4.69, 9.17) is 10.5 Å². The standard InChI is InChI=1S/C20H30N7O15P3S/c21-17-14-18(23-7-22-17)27(8-24-14)19-16(30)15(29)10(39-19)5-38-43(32,33)41-45(36,37)42-44(34,35)40-12(28)4-2-1-3-11-13-9(6-46-11)25-20(31)26-13/h7-11,13,15-16,19,29-30H,1-6H2,(H,32,33)(H,34,35)(H,36,37)(H2,21,22,23)(H2,25,26,31)/t9-,10+,11-,13-,15?,16-,19+/m0/s1. The number of phosphoric ester groups is 2. The Kier molecular flexibility index (Phi) is 10.5. The van der Waals surface area contributed by atoms with Crippen LogP contribution in [0.3, 0.4) is 0 Å². The Hall–Kier alpha value is -2.23. The SMILES string of the molecule is Nc1ncnc2c1ncn2[C@@H]1O[C@H](COP(=O)(O)OP(=O)(O)OP(=O)(O)OC(=O)CCCC[C@@H]2SC[C@@H]3NC(=O)N[C@@H]32)C(O)[C@@H]1O. The first kappa shape index (κ1) is 35.1. The molecule has 0 spiro atoms. The zero-order chi connectivity index (χ0) is 33.4. The van der Waals surface area contributed by atoms with Gasteiger partial charge in [0.1, 0.15) is 30.2 Å². The number of anilines is 1. The molecule has 0 saturated carbocycles. The van der Waals surface area contributed by atoms with Crippen molar-refractivity contribution in [1.82, 2.24) is 30.2 Å². The van der Waals surface area contributed by atoms with Crippen molar-refractivity contribution < 1.29 is 70.6 Å². The minimum atomic E-state index is -5.89. The molecule has 2 amide bonds. The number of nitrogens with two attached hydrogens (primary N) is 1. The highest BCUT2D eigenvalue weighted by atomic mass is 32.2. The molecule has 0 radical (unpaired) electrons. The maximum absolute atomic E-state index is 12.3. The number of hydrogen-bond acceptors (Lipinski definition) is 17. The molecule has 4 unspecified atom stereocenters. The van der Waals surface area contributed by atoms with Crippen LogP contribution in [0.5, 0.6) is 0 Å². The third-order valence-electron chi connectivity index (χ3n) is 7.09. The number of carbonyl (C=O) groups is 2. The van der Waals surface area contributed by atoms with Gasteiger partial charge in [-0.1, -0.05) is 6.42 Å². The fraction of sp³-hybridized carbons (Fsp3) is 0.650. The van der Waals surface area contributed by atoms with Gasteiger partial charge in [0, 0.05) is 17.4 Å². The molecule has 5 rings (SSSR count). The highest BCUT2D eigenvalue weighted by Gasteiger charge is 2.48. The fourth-order valence-corrected chi connectivity index (χ4v) is 10.1. The number of thioether (sulfide) groups is 1. The number of aliphatic hydroxyl groups is 2. The van der Waals surface area contributed by atoms with Crippen molar-refractivity contribution in [3.05, 3.63) is 12.7 Å². The monoisotopic (exact) mass is 733 g/mol. The van der Waals surface area contributed by atoms with Crippen molar-refractivity contribution in [1.29, 1.82) is 0 Å². The Labute approximate surface area is 263 Å². The highest BCUT2D eigenvalue weighted by molar-refractivity contribution is 8.00. The average molecular weight is 733 g/mol. The van der Waals surface area contributed by atoms with E-state index in [0.29, 0.717) is 12.8 Å². The van der Waals surface area contributed by atoms with Crippen molar-refractivity contribution in [2.75, 3.05) is 18.1 Å². The molecule has 3 aliphatic rings. The Morgan fingerprint density at radius 2 is 1.80 bits per heavy atom. The summed E-state index contributed by atoms with van der Waals surface area (Å²) in [5.41, 5.74) is 6.03. The van der Waals surface area contributed by atoms with E-state index in [1.807, 2.05) is 0 Å². The molecule has 2 aromatic heterocycles. The summed E-state index contributed by atoms with van der Waals surface area (Å²) in [4.78, 5) is 64.7.